The van der Waals surface area contributed by atoms with Crippen LogP contribution in [0.2, 0.25) is 0 Å². The van der Waals surface area contributed by atoms with E-state index in [2.05, 4.69) is 4.72 Å². The predicted octanol–water partition coefficient (Wildman–Crippen LogP) is 1.15. The Labute approximate surface area is 115 Å². The third-order valence-corrected chi connectivity index (χ3v) is 5.38. The van der Waals surface area contributed by atoms with Crippen molar-refractivity contribution in [1.82, 2.24) is 4.72 Å². The first-order valence-electron chi connectivity index (χ1n) is 5.88. The molecule has 2 heterocycles. The summed E-state index contributed by atoms with van der Waals surface area (Å²) in [5.74, 6) is -0.937. The van der Waals surface area contributed by atoms with Crippen LogP contribution in [0.15, 0.2) is 16.3 Å². The molecule has 0 spiro atoms. The van der Waals surface area contributed by atoms with E-state index in [1.165, 1.54) is 11.4 Å². The van der Waals surface area contributed by atoms with E-state index < -0.39 is 16.0 Å². The zero-order valence-electron chi connectivity index (χ0n) is 10.2. The van der Waals surface area contributed by atoms with Gasteiger partial charge in [-0.25, -0.2) is 17.9 Å². The van der Waals surface area contributed by atoms with E-state index in [1.807, 2.05) is 0 Å². The second-order valence-electron chi connectivity index (χ2n) is 4.39. The van der Waals surface area contributed by atoms with Crippen LogP contribution in [0, 0.1) is 5.92 Å². The van der Waals surface area contributed by atoms with E-state index >= 15 is 0 Å². The van der Waals surface area contributed by atoms with Gasteiger partial charge < -0.3 is 9.84 Å². The molecule has 1 aliphatic heterocycles. The standard InChI is InChI=1S/C11H15NO5S2/c13-11(14)10-4-9(7-18-10)19(15,16)12-5-8-2-1-3-17-6-8/h4,7-8,12H,1-3,5-6H2,(H,13,14). The fraction of sp³-hybridized carbons (Fsp3) is 0.545. The van der Waals surface area contributed by atoms with Gasteiger partial charge in [0.15, 0.2) is 0 Å². The van der Waals surface area contributed by atoms with Crippen LogP contribution in [0.25, 0.3) is 0 Å². The molecule has 0 bridgehead atoms. The number of ether oxygens (including phenoxy) is 1. The van der Waals surface area contributed by atoms with Crippen molar-refractivity contribution in [3.8, 4) is 0 Å². The average Bonchev–Trinajstić information content (AvgIpc) is 2.88. The molecule has 1 atom stereocenters. The molecule has 0 amide bonds. The molecule has 6 nitrogen and oxygen atoms in total. The van der Waals surface area contributed by atoms with Crippen molar-refractivity contribution in [3.63, 3.8) is 0 Å². The number of carboxylic acids is 1. The van der Waals surface area contributed by atoms with Crippen LogP contribution in [0.3, 0.4) is 0 Å². The zero-order chi connectivity index (χ0) is 13.9. The lowest BCUT2D eigenvalue weighted by Gasteiger charge is -2.21. The van der Waals surface area contributed by atoms with Crippen LogP contribution < -0.4 is 4.72 Å². The molecule has 106 valence electrons. The van der Waals surface area contributed by atoms with Gasteiger partial charge in [0.2, 0.25) is 10.0 Å². The van der Waals surface area contributed by atoms with Crippen LogP contribution >= 0.6 is 11.3 Å². The Balaban J connectivity index is 1.98. The molecule has 8 heteroatoms. The van der Waals surface area contributed by atoms with Gasteiger partial charge in [-0.3, -0.25) is 0 Å². The fourth-order valence-corrected chi connectivity index (χ4v) is 4.08. The van der Waals surface area contributed by atoms with E-state index in [0.29, 0.717) is 13.2 Å². The molecule has 1 fully saturated rings. The number of carboxylic acid groups (broad SMARTS) is 1. The van der Waals surface area contributed by atoms with Crippen molar-refractivity contribution in [3.05, 3.63) is 16.3 Å². The lowest BCUT2D eigenvalue weighted by molar-refractivity contribution is 0.0568. The Kier molecular flexibility index (Phi) is 4.56. The number of sulfonamides is 1. The van der Waals surface area contributed by atoms with Gasteiger partial charge in [-0.15, -0.1) is 11.3 Å². The van der Waals surface area contributed by atoms with Gasteiger partial charge in [0.05, 0.1) is 11.5 Å². The van der Waals surface area contributed by atoms with E-state index in [1.54, 1.807) is 0 Å². The molecular weight excluding hydrogens is 290 g/mol. The topological polar surface area (TPSA) is 92.7 Å². The number of aromatic carboxylic acids is 1. The Bertz CT molecular complexity index is 545. The molecule has 1 aromatic heterocycles. The summed E-state index contributed by atoms with van der Waals surface area (Å²) in [4.78, 5) is 10.7. The first kappa shape index (κ1) is 14.4. The lowest BCUT2D eigenvalue weighted by atomic mass is 10.0. The second-order valence-corrected chi connectivity index (χ2v) is 7.07. The summed E-state index contributed by atoms with van der Waals surface area (Å²) in [6.45, 7) is 1.61. The predicted molar refractivity (Wildman–Crippen MR) is 70.0 cm³/mol. The number of hydrogen-bond donors (Lipinski definition) is 2. The first-order chi connectivity index (χ1) is 8.99. The SMILES string of the molecule is O=C(O)c1cc(S(=O)(=O)NCC2CCCOC2)cs1. The molecule has 1 saturated heterocycles. The molecular formula is C11H15NO5S2. The van der Waals surface area contributed by atoms with Gasteiger partial charge in [0.25, 0.3) is 0 Å². The minimum absolute atomic E-state index is 0.00614. The van der Waals surface area contributed by atoms with Crippen molar-refractivity contribution in [2.24, 2.45) is 5.92 Å². The maximum atomic E-state index is 12.0. The largest absolute Gasteiger partial charge is 0.477 e. The Morgan fingerprint density at radius 1 is 1.58 bits per heavy atom. The lowest BCUT2D eigenvalue weighted by Crippen LogP contribution is -2.33. The number of thiophene rings is 1. The molecule has 0 aromatic carbocycles. The number of hydrogen-bond acceptors (Lipinski definition) is 5. The summed E-state index contributed by atoms with van der Waals surface area (Å²) in [7, 11) is -3.63. The van der Waals surface area contributed by atoms with E-state index in [0.717, 1.165) is 30.8 Å². The fourth-order valence-electron chi connectivity index (χ4n) is 1.85. The monoisotopic (exact) mass is 305 g/mol. The molecule has 2 rings (SSSR count). The van der Waals surface area contributed by atoms with E-state index in [-0.39, 0.29) is 15.7 Å². The van der Waals surface area contributed by atoms with Crippen LogP contribution in [0.1, 0.15) is 22.5 Å². The second kappa shape index (κ2) is 6.00. The first-order valence-corrected chi connectivity index (χ1v) is 8.24. The van der Waals surface area contributed by atoms with E-state index in [9.17, 15) is 13.2 Å². The van der Waals surface area contributed by atoms with E-state index in [4.69, 9.17) is 9.84 Å². The van der Waals surface area contributed by atoms with Crippen molar-refractivity contribution in [2.45, 2.75) is 17.7 Å². The molecule has 1 aliphatic rings. The summed E-state index contributed by atoms with van der Waals surface area (Å²) < 4.78 is 31.7. The molecule has 2 N–H and O–H groups in total. The van der Waals surface area contributed by atoms with Gasteiger partial charge in [0.1, 0.15) is 4.88 Å². The third kappa shape index (κ3) is 3.75. The summed E-state index contributed by atoms with van der Waals surface area (Å²) in [5, 5.41) is 10.1. The van der Waals surface area contributed by atoms with Crippen LogP contribution in [-0.4, -0.2) is 39.3 Å². The molecule has 0 saturated carbocycles. The third-order valence-electron chi connectivity index (χ3n) is 2.91. The van der Waals surface area contributed by atoms with Crippen molar-refractivity contribution in [2.75, 3.05) is 19.8 Å². The summed E-state index contributed by atoms with van der Waals surface area (Å²) in [6.07, 6.45) is 1.88. The average molecular weight is 305 g/mol. The van der Waals surface area contributed by atoms with Gasteiger partial charge in [0, 0.05) is 18.5 Å². The molecule has 19 heavy (non-hydrogen) atoms. The highest BCUT2D eigenvalue weighted by molar-refractivity contribution is 7.89. The summed E-state index contributed by atoms with van der Waals surface area (Å²) in [6, 6.07) is 1.17. The Morgan fingerprint density at radius 3 is 2.95 bits per heavy atom. The van der Waals surface area contributed by atoms with Gasteiger partial charge in [-0.05, 0) is 24.8 Å². The number of carbonyl (C=O) groups is 1. The maximum absolute atomic E-state index is 12.0. The Morgan fingerprint density at radius 2 is 2.37 bits per heavy atom. The molecule has 0 radical (unpaired) electrons. The number of rotatable bonds is 5. The summed E-state index contributed by atoms with van der Waals surface area (Å²) >= 11 is 0.903. The minimum Gasteiger partial charge on any atom is -0.477 e. The van der Waals surface area contributed by atoms with Crippen LogP contribution in [0.5, 0.6) is 0 Å². The van der Waals surface area contributed by atoms with Gasteiger partial charge in [-0.2, -0.15) is 0 Å². The number of nitrogens with one attached hydrogen (secondary N) is 1. The molecule has 0 aliphatic carbocycles. The van der Waals surface area contributed by atoms with Crippen LogP contribution in [0.4, 0.5) is 0 Å². The molecule has 1 aromatic rings. The van der Waals surface area contributed by atoms with Gasteiger partial charge >= 0.3 is 5.97 Å². The molecule has 1 unspecified atom stereocenters. The Hall–Kier alpha value is -0.960. The maximum Gasteiger partial charge on any atom is 0.345 e. The minimum atomic E-state index is -3.63. The highest BCUT2D eigenvalue weighted by Gasteiger charge is 2.21. The van der Waals surface area contributed by atoms with Crippen molar-refractivity contribution in [1.29, 1.82) is 0 Å². The zero-order valence-corrected chi connectivity index (χ0v) is 11.8. The highest BCUT2D eigenvalue weighted by atomic mass is 32.2. The van der Waals surface area contributed by atoms with Crippen molar-refractivity contribution >= 4 is 27.3 Å². The summed E-state index contributed by atoms with van der Waals surface area (Å²) in [5.41, 5.74) is 0. The smallest absolute Gasteiger partial charge is 0.345 e. The quantitative estimate of drug-likeness (QED) is 0.851. The van der Waals surface area contributed by atoms with Crippen LogP contribution in [-0.2, 0) is 14.8 Å². The highest BCUT2D eigenvalue weighted by Crippen LogP contribution is 2.20. The van der Waals surface area contributed by atoms with Crippen molar-refractivity contribution < 1.29 is 23.1 Å². The van der Waals surface area contributed by atoms with Gasteiger partial charge in [-0.1, -0.05) is 0 Å². The normalized spacial score (nSPS) is 20.3.